The molecule has 2 rings (SSSR count). The van der Waals surface area contributed by atoms with Crippen LogP contribution in [0.2, 0.25) is 0 Å². The zero-order valence-corrected chi connectivity index (χ0v) is 11.6. The van der Waals surface area contributed by atoms with Gasteiger partial charge in [0.05, 0.1) is 11.7 Å². The normalized spacial score (nSPS) is 16.6. The molecule has 0 saturated carbocycles. The molecule has 1 aromatic rings. The Morgan fingerprint density at radius 1 is 1.48 bits per heavy atom. The second-order valence-corrected chi connectivity index (χ2v) is 5.11. The molecule has 21 heavy (non-hydrogen) atoms. The minimum atomic E-state index is -0.951. The molecule has 0 unspecified atom stereocenters. The number of carboxylic acids is 1. The number of aliphatic carboxylic acids is 1. The van der Waals surface area contributed by atoms with Gasteiger partial charge in [-0.2, -0.15) is 5.26 Å². The van der Waals surface area contributed by atoms with E-state index < -0.39 is 11.8 Å². The zero-order chi connectivity index (χ0) is 15.2. The molecule has 1 aliphatic heterocycles. The van der Waals surface area contributed by atoms with E-state index >= 15 is 0 Å². The van der Waals surface area contributed by atoms with Crippen LogP contribution in [0.5, 0.6) is 0 Å². The first kappa shape index (κ1) is 15.4. The molecule has 1 fully saturated rings. The van der Waals surface area contributed by atoms with Crippen molar-refractivity contribution in [1.29, 1.82) is 5.26 Å². The van der Waals surface area contributed by atoms with Crippen molar-refractivity contribution >= 4 is 5.97 Å². The molecule has 5 nitrogen and oxygen atoms in total. The Morgan fingerprint density at radius 3 is 2.81 bits per heavy atom. The fourth-order valence-corrected chi connectivity index (χ4v) is 2.44. The Kier molecular flexibility index (Phi) is 5.26. The predicted molar refractivity (Wildman–Crippen MR) is 73.0 cm³/mol. The highest BCUT2D eigenvalue weighted by molar-refractivity contribution is 5.68. The van der Waals surface area contributed by atoms with Crippen LogP contribution in [0.1, 0.15) is 24.0 Å². The molecule has 6 heteroatoms. The minimum Gasteiger partial charge on any atom is -0.480 e. The van der Waals surface area contributed by atoms with Gasteiger partial charge in [-0.25, -0.2) is 9.18 Å². The van der Waals surface area contributed by atoms with E-state index in [1.54, 1.807) is 12.1 Å². The van der Waals surface area contributed by atoms with Crippen molar-refractivity contribution in [1.82, 2.24) is 4.90 Å². The summed E-state index contributed by atoms with van der Waals surface area (Å²) in [5.41, 5.74) is 0.963. The number of nitrogens with zero attached hydrogens (tertiary/aromatic N) is 2. The maximum absolute atomic E-state index is 13.2. The van der Waals surface area contributed by atoms with Crippen LogP contribution in [-0.2, 0) is 16.1 Å². The van der Waals surface area contributed by atoms with Crippen LogP contribution in [-0.4, -0.2) is 41.8 Å². The molecule has 0 spiro atoms. The third-order valence-electron chi connectivity index (χ3n) is 3.53. The van der Waals surface area contributed by atoms with Crippen LogP contribution in [0, 0.1) is 17.1 Å². The molecule has 0 bridgehead atoms. The molecule has 0 atom stereocenters. The van der Waals surface area contributed by atoms with Crippen molar-refractivity contribution < 1.29 is 19.0 Å². The lowest BCUT2D eigenvalue weighted by molar-refractivity contribution is -0.145. The molecule has 1 aromatic carbocycles. The van der Waals surface area contributed by atoms with E-state index in [0.717, 1.165) is 31.5 Å². The van der Waals surface area contributed by atoms with Gasteiger partial charge in [0.1, 0.15) is 18.5 Å². The summed E-state index contributed by atoms with van der Waals surface area (Å²) in [5.74, 6) is -1.45. The Hall–Kier alpha value is -1.97. The third kappa shape index (κ3) is 4.52. The number of halogens is 1. The van der Waals surface area contributed by atoms with Gasteiger partial charge >= 0.3 is 5.97 Å². The summed E-state index contributed by atoms with van der Waals surface area (Å²) in [6.07, 6.45) is 1.54. The number of hydrogen-bond acceptors (Lipinski definition) is 4. The van der Waals surface area contributed by atoms with E-state index in [9.17, 15) is 9.18 Å². The predicted octanol–water partition coefficient (Wildman–Crippen LogP) is 1.76. The summed E-state index contributed by atoms with van der Waals surface area (Å²) in [6.45, 7) is 1.99. The number of ether oxygens (including phenoxy) is 1. The number of benzene rings is 1. The topological polar surface area (TPSA) is 73.6 Å². The van der Waals surface area contributed by atoms with Crippen LogP contribution in [0.25, 0.3) is 0 Å². The Bertz CT molecular complexity index is 548. The smallest absolute Gasteiger partial charge is 0.329 e. The van der Waals surface area contributed by atoms with Gasteiger partial charge in [0, 0.05) is 19.6 Å². The van der Waals surface area contributed by atoms with Gasteiger partial charge in [0.2, 0.25) is 0 Å². The maximum atomic E-state index is 13.2. The number of carbonyl (C=O) groups is 1. The summed E-state index contributed by atoms with van der Waals surface area (Å²) in [5, 5.41) is 17.4. The van der Waals surface area contributed by atoms with Gasteiger partial charge in [-0.05, 0) is 30.5 Å². The minimum absolute atomic E-state index is 0.0137. The van der Waals surface area contributed by atoms with Crippen LogP contribution in [0.3, 0.4) is 0 Å². The van der Waals surface area contributed by atoms with Crippen LogP contribution < -0.4 is 0 Å². The van der Waals surface area contributed by atoms with Crippen LogP contribution in [0.15, 0.2) is 18.2 Å². The third-order valence-corrected chi connectivity index (χ3v) is 3.53. The first-order valence-corrected chi connectivity index (χ1v) is 6.83. The second-order valence-electron chi connectivity index (χ2n) is 5.11. The SMILES string of the molecule is N#Cc1cc(CN2CCC(OCC(=O)O)CC2)ccc1F. The number of likely N-dealkylation sites (tertiary alicyclic amines) is 1. The van der Waals surface area contributed by atoms with E-state index in [2.05, 4.69) is 4.90 Å². The summed E-state index contributed by atoms with van der Waals surface area (Å²) < 4.78 is 18.5. The van der Waals surface area contributed by atoms with Crippen molar-refractivity contribution in [3.8, 4) is 6.07 Å². The number of hydrogen-bond donors (Lipinski definition) is 1. The monoisotopic (exact) mass is 292 g/mol. The lowest BCUT2D eigenvalue weighted by atomic mass is 10.1. The fourth-order valence-electron chi connectivity index (χ4n) is 2.44. The Labute approximate surface area is 122 Å². The molecule has 1 N–H and O–H groups in total. The van der Waals surface area contributed by atoms with E-state index in [-0.39, 0.29) is 18.3 Å². The van der Waals surface area contributed by atoms with E-state index in [0.29, 0.717) is 6.54 Å². The first-order valence-electron chi connectivity index (χ1n) is 6.83. The molecule has 1 aliphatic rings. The number of carboxylic acid groups (broad SMARTS) is 1. The summed E-state index contributed by atoms with van der Waals surface area (Å²) in [7, 11) is 0. The highest BCUT2D eigenvalue weighted by atomic mass is 19.1. The number of rotatable bonds is 5. The number of piperidine rings is 1. The average Bonchev–Trinajstić information content (AvgIpc) is 2.48. The fraction of sp³-hybridized carbons (Fsp3) is 0.467. The molecule has 0 radical (unpaired) electrons. The molecular formula is C15H17FN2O3. The second kappa shape index (κ2) is 7.16. The van der Waals surface area contributed by atoms with Gasteiger partial charge in [-0.1, -0.05) is 6.07 Å². The summed E-state index contributed by atoms with van der Waals surface area (Å²) >= 11 is 0. The van der Waals surface area contributed by atoms with Gasteiger partial charge in [-0.15, -0.1) is 0 Å². The quantitative estimate of drug-likeness (QED) is 0.895. The lowest BCUT2D eigenvalue weighted by Gasteiger charge is -2.31. The lowest BCUT2D eigenvalue weighted by Crippen LogP contribution is -2.37. The Balaban J connectivity index is 1.83. The number of nitriles is 1. The van der Waals surface area contributed by atoms with Crippen LogP contribution in [0.4, 0.5) is 4.39 Å². The molecule has 0 amide bonds. The van der Waals surface area contributed by atoms with E-state index in [4.69, 9.17) is 15.1 Å². The standard InChI is InChI=1S/C15H17FN2O3/c16-14-2-1-11(7-12(14)8-17)9-18-5-3-13(4-6-18)21-10-15(19)20/h1-2,7,13H,3-6,9-10H2,(H,19,20). The molecule has 0 aromatic heterocycles. The van der Waals surface area contributed by atoms with Crippen molar-refractivity contribution in [2.75, 3.05) is 19.7 Å². The van der Waals surface area contributed by atoms with Crippen molar-refractivity contribution in [3.63, 3.8) is 0 Å². The molecule has 0 aliphatic carbocycles. The van der Waals surface area contributed by atoms with Crippen molar-refractivity contribution in [3.05, 3.63) is 35.1 Å². The molecular weight excluding hydrogens is 275 g/mol. The summed E-state index contributed by atoms with van der Waals surface area (Å²) in [6, 6.07) is 6.41. The molecule has 112 valence electrons. The summed E-state index contributed by atoms with van der Waals surface area (Å²) in [4.78, 5) is 12.6. The Morgan fingerprint density at radius 2 is 2.19 bits per heavy atom. The average molecular weight is 292 g/mol. The van der Waals surface area contributed by atoms with Gasteiger partial charge < -0.3 is 9.84 Å². The first-order chi connectivity index (χ1) is 10.1. The molecule has 1 heterocycles. The van der Waals surface area contributed by atoms with Crippen molar-refractivity contribution in [2.24, 2.45) is 0 Å². The highest BCUT2D eigenvalue weighted by Gasteiger charge is 2.20. The zero-order valence-electron chi connectivity index (χ0n) is 11.6. The maximum Gasteiger partial charge on any atom is 0.329 e. The van der Waals surface area contributed by atoms with Gasteiger partial charge in [0.25, 0.3) is 0 Å². The van der Waals surface area contributed by atoms with Crippen LogP contribution >= 0.6 is 0 Å². The largest absolute Gasteiger partial charge is 0.480 e. The van der Waals surface area contributed by atoms with E-state index in [1.165, 1.54) is 6.07 Å². The van der Waals surface area contributed by atoms with Gasteiger partial charge in [0.15, 0.2) is 0 Å². The van der Waals surface area contributed by atoms with Crippen molar-refractivity contribution in [2.45, 2.75) is 25.5 Å². The van der Waals surface area contributed by atoms with Gasteiger partial charge in [-0.3, -0.25) is 4.90 Å². The molecule has 1 saturated heterocycles. The van der Waals surface area contributed by atoms with E-state index in [1.807, 2.05) is 6.07 Å². The highest BCUT2D eigenvalue weighted by Crippen LogP contribution is 2.17.